The number of carbonyl (C=O) groups excluding carboxylic acids is 1. The molecular formula is C20H29ClN2O2S. The summed E-state index contributed by atoms with van der Waals surface area (Å²) < 4.78 is 7.36. The minimum Gasteiger partial charge on any atom is -0.456 e. The number of carbonyl (C=O) groups is 1. The summed E-state index contributed by atoms with van der Waals surface area (Å²) >= 11 is 6.34. The average Bonchev–Trinajstić information content (AvgIpc) is 2.94. The molecule has 0 atom stereocenters. The smallest absolute Gasteiger partial charge is 0.340 e. The number of hydrogen-bond donors (Lipinski definition) is 0. The first-order chi connectivity index (χ1) is 11.7. The van der Waals surface area contributed by atoms with Gasteiger partial charge in [0.05, 0.1) is 16.3 Å². The van der Waals surface area contributed by atoms with Crippen molar-refractivity contribution in [2.75, 3.05) is 12.5 Å². The molecule has 0 saturated carbocycles. The lowest BCUT2D eigenvalue weighted by Gasteiger charge is -2.42. The number of rotatable bonds is 3. The Morgan fingerprint density at radius 2 is 1.73 bits per heavy atom. The van der Waals surface area contributed by atoms with Crippen molar-refractivity contribution in [1.29, 1.82) is 0 Å². The Hall–Kier alpha value is -1.46. The third kappa shape index (κ3) is 4.44. The molecule has 0 fully saturated rings. The molecule has 0 spiro atoms. The molecule has 1 aromatic heterocycles. The predicted molar refractivity (Wildman–Crippen MR) is 111 cm³/mol. The van der Waals surface area contributed by atoms with Crippen molar-refractivity contribution in [2.24, 2.45) is 0 Å². The zero-order valence-electron chi connectivity index (χ0n) is 16.9. The van der Waals surface area contributed by atoms with Crippen molar-refractivity contribution in [2.45, 2.75) is 56.9 Å². The minimum atomic E-state index is -1.05. The fourth-order valence-corrected chi connectivity index (χ4v) is 3.75. The highest BCUT2D eigenvalue weighted by atomic mass is 35.5. The lowest BCUT2D eigenvalue weighted by Crippen LogP contribution is -2.24. The van der Waals surface area contributed by atoms with Gasteiger partial charge < -0.3 is 4.74 Å². The lowest BCUT2D eigenvalue weighted by atomic mass is 10.1. The van der Waals surface area contributed by atoms with Gasteiger partial charge in [-0.25, -0.2) is 9.48 Å². The average molecular weight is 397 g/mol. The zero-order valence-corrected chi connectivity index (χ0v) is 18.5. The van der Waals surface area contributed by atoms with Crippen LogP contribution in [-0.4, -0.2) is 38.6 Å². The van der Waals surface area contributed by atoms with Crippen LogP contribution in [0.3, 0.4) is 0 Å². The van der Waals surface area contributed by atoms with Gasteiger partial charge in [-0.3, -0.25) is 0 Å². The van der Waals surface area contributed by atoms with E-state index in [1.54, 1.807) is 16.8 Å². The first-order valence-corrected chi connectivity index (χ1v) is 11.4. The summed E-state index contributed by atoms with van der Waals surface area (Å²) in [4.78, 5) is 12.2. The summed E-state index contributed by atoms with van der Waals surface area (Å²) in [6.45, 7) is 12.2. The summed E-state index contributed by atoms with van der Waals surface area (Å²) in [6.07, 6.45) is 6.49. The normalized spacial score (nSPS) is 13.6. The molecule has 4 nitrogen and oxygen atoms in total. The molecule has 0 unspecified atom stereocenters. The number of ether oxygens (including phenoxy) is 1. The number of nitrogens with zero attached hydrogens (tertiary/aromatic N) is 2. The zero-order chi connectivity index (χ0) is 19.9. The highest BCUT2D eigenvalue weighted by Gasteiger charge is 2.31. The summed E-state index contributed by atoms with van der Waals surface area (Å²) in [6, 6.07) is 7.34. The topological polar surface area (TPSA) is 44.1 Å². The van der Waals surface area contributed by atoms with Gasteiger partial charge >= 0.3 is 5.97 Å². The molecule has 0 radical (unpaired) electrons. The number of esters is 1. The number of aromatic nitrogens is 2. The Kier molecular flexibility index (Phi) is 5.56. The van der Waals surface area contributed by atoms with Crippen molar-refractivity contribution < 1.29 is 9.53 Å². The SMILES string of the molecule is CC(C)(C)OC(=O)c1ccc(-n2ccc(S(C)(C)C(C)(C)C)n2)cc1Cl. The second kappa shape index (κ2) is 6.93. The van der Waals surface area contributed by atoms with E-state index in [1.807, 2.05) is 33.0 Å². The second-order valence-electron chi connectivity index (χ2n) is 8.70. The van der Waals surface area contributed by atoms with Crippen LogP contribution in [0.15, 0.2) is 35.5 Å². The Morgan fingerprint density at radius 3 is 2.23 bits per heavy atom. The van der Waals surface area contributed by atoms with E-state index in [0.717, 1.165) is 10.7 Å². The molecule has 1 heterocycles. The molecule has 2 rings (SSSR count). The molecule has 0 bridgehead atoms. The van der Waals surface area contributed by atoms with Crippen LogP contribution in [0, 0.1) is 0 Å². The van der Waals surface area contributed by atoms with Gasteiger partial charge in [-0.1, -0.05) is 32.4 Å². The van der Waals surface area contributed by atoms with Crippen LogP contribution >= 0.6 is 21.6 Å². The summed E-state index contributed by atoms with van der Waals surface area (Å²) in [5, 5.41) is 6.22. The van der Waals surface area contributed by atoms with E-state index in [-0.39, 0.29) is 4.75 Å². The molecule has 0 saturated heterocycles. The van der Waals surface area contributed by atoms with E-state index < -0.39 is 21.6 Å². The van der Waals surface area contributed by atoms with Crippen molar-refractivity contribution >= 4 is 27.6 Å². The van der Waals surface area contributed by atoms with Crippen LogP contribution in [0.4, 0.5) is 0 Å². The van der Waals surface area contributed by atoms with Gasteiger partial charge in [-0.05, 0) is 62.3 Å². The Balaban J connectivity index is 2.32. The van der Waals surface area contributed by atoms with Crippen molar-refractivity contribution in [3.05, 3.63) is 41.0 Å². The van der Waals surface area contributed by atoms with Gasteiger partial charge in [0.25, 0.3) is 0 Å². The molecule has 6 heteroatoms. The van der Waals surface area contributed by atoms with Gasteiger partial charge in [0.1, 0.15) is 10.6 Å². The highest BCUT2D eigenvalue weighted by Crippen LogP contribution is 2.58. The van der Waals surface area contributed by atoms with Gasteiger partial charge in [-0.2, -0.15) is 15.1 Å². The lowest BCUT2D eigenvalue weighted by molar-refractivity contribution is 0.00698. The molecule has 0 aliphatic carbocycles. The van der Waals surface area contributed by atoms with Crippen LogP contribution in [0.1, 0.15) is 51.9 Å². The first-order valence-electron chi connectivity index (χ1n) is 8.54. The largest absolute Gasteiger partial charge is 0.456 e. The number of hydrogen-bond acceptors (Lipinski definition) is 3. The Morgan fingerprint density at radius 1 is 1.12 bits per heavy atom. The predicted octanol–water partition coefficient (Wildman–Crippen LogP) is 5.70. The van der Waals surface area contributed by atoms with Crippen LogP contribution in [-0.2, 0) is 4.74 Å². The summed E-state index contributed by atoms with van der Waals surface area (Å²) in [5.74, 6) is -0.423. The maximum Gasteiger partial charge on any atom is 0.340 e. The van der Waals surface area contributed by atoms with E-state index in [1.165, 1.54) is 0 Å². The molecular weight excluding hydrogens is 368 g/mol. The molecule has 26 heavy (non-hydrogen) atoms. The van der Waals surface area contributed by atoms with E-state index >= 15 is 0 Å². The fraction of sp³-hybridized carbons (Fsp3) is 0.500. The van der Waals surface area contributed by atoms with Crippen LogP contribution < -0.4 is 0 Å². The molecule has 0 amide bonds. The highest BCUT2D eigenvalue weighted by molar-refractivity contribution is 8.33. The van der Waals surface area contributed by atoms with E-state index in [2.05, 4.69) is 39.3 Å². The number of benzene rings is 1. The molecule has 144 valence electrons. The van der Waals surface area contributed by atoms with Crippen molar-refractivity contribution in [1.82, 2.24) is 9.78 Å². The Labute approximate surface area is 163 Å². The van der Waals surface area contributed by atoms with Crippen LogP contribution in [0.5, 0.6) is 0 Å². The van der Waals surface area contributed by atoms with Gasteiger partial charge in [0.15, 0.2) is 0 Å². The molecule has 0 aliphatic rings. The number of halogens is 1. The monoisotopic (exact) mass is 396 g/mol. The third-order valence-corrected chi connectivity index (χ3v) is 9.09. The molecule has 2 aromatic rings. The minimum absolute atomic E-state index is 0.157. The molecule has 0 N–H and O–H groups in total. The van der Waals surface area contributed by atoms with Gasteiger partial charge in [0, 0.05) is 6.20 Å². The fourth-order valence-electron chi connectivity index (χ4n) is 2.18. The van der Waals surface area contributed by atoms with Crippen molar-refractivity contribution in [3.63, 3.8) is 0 Å². The Bertz CT molecular complexity index is 814. The maximum absolute atomic E-state index is 12.2. The first kappa shape index (κ1) is 20.8. The summed E-state index contributed by atoms with van der Waals surface area (Å²) in [5.41, 5.74) is 0.619. The van der Waals surface area contributed by atoms with Crippen LogP contribution in [0.25, 0.3) is 5.69 Å². The maximum atomic E-state index is 12.2. The second-order valence-corrected chi connectivity index (χ2v) is 13.4. The molecule has 1 aromatic carbocycles. The standard InChI is InChI=1S/C20H29ClN2O2S/c1-19(2,3)25-18(24)15-10-9-14(13-16(15)21)23-12-11-17(22-23)26(7,8)20(4,5)6/h9-13H,1-8H3. The van der Waals surface area contributed by atoms with Crippen LogP contribution in [0.2, 0.25) is 5.02 Å². The van der Waals surface area contributed by atoms with E-state index in [4.69, 9.17) is 21.4 Å². The third-order valence-electron chi connectivity index (χ3n) is 4.45. The quantitative estimate of drug-likeness (QED) is 0.624. The van der Waals surface area contributed by atoms with E-state index in [9.17, 15) is 4.79 Å². The molecule has 0 aliphatic heterocycles. The van der Waals surface area contributed by atoms with Gasteiger partial charge in [-0.15, -0.1) is 0 Å². The summed E-state index contributed by atoms with van der Waals surface area (Å²) in [7, 11) is -1.05. The van der Waals surface area contributed by atoms with Gasteiger partial charge in [0.2, 0.25) is 0 Å². The van der Waals surface area contributed by atoms with Crippen molar-refractivity contribution in [3.8, 4) is 5.69 Å². The van der Waals surface area contributed by atoms with E-state index in [0.29, 0.717) is 10.6 Å².